The van der Waals surface area contributed by atoms with Gasteiger partial charge in [-0.2, -0.15) is 0 Å². The third-order valence-corrected chi connectivity index (χ3v) is 8.96. The zero-order valence-electron chi connectivity index (χ0n) is 22.9. The summed E-state index contributed by atoms with van der Waals surface area (Å²) in [6.45, 7) is 7.65. The lowest BCUT2D eigenvalue weighted by molar-refractivity contribution is 0.0610. The fourth-order valence-electron chi connectivity index (χ4n) is 5.71. The van der Waals surface area contributed by atoms with Crippen molar-refractivity contribution in [3.8, 4) is 0 Å². The number of rotatable bonds is 10. The van der Waals surface area contributed by atoms with Gasteiger partial charge in [0, 0.05) is 49.8 Å². The van der Waals surface area contributed by atoms with Gasteiger partial charge < -0.3 is 16.4 Å². The van der Waals surface area contributed by atoms with Crippen molar-refractivity contribution in [3.05, 3.63) is 45.2 Å². The average molecular weight is 614 g/mol. The summed E-state index contributed by atoms with van der Waals surface area (Å²) >= 11 is 12.6. The van der Waals surface area contributed by atoms with E-state index in [9.17, 15) is 13.2 Å². The minimum absolute atomic E-state index is 0.00902. The second-order valence-electron chi connectivity index (χ2n) is 10.5. The fourth-order valence-corrected chi connectivity index (χ4v) is 6.62. The molecule has 0 spiro atoms. The molecule has 14 heteroatoms. The third kappa shape index (κ3) is 7.74. The topological polar surface area (TPSA) is 151 Å². The summed E-state index contributed by atoms with van der Waals surface area (Å²) in [5.74, 6) is -0.273. The Morgan fingerprint density at radius 1 is 1.12 bits per heavy atom. The van der Waals surface area contributed by atoms with E-state index in [1.54, 1.807) is 0 Å². The zero-order chi connectivity index (χ0) is 29.0. The minimum atomic E-state index is -3.23. The number of carbonyl (C=O) groups excluding carboxylic acids is 1. The van der Waals surface area contributed by atoms with Crippen molar-refractivity contribution in [2.24, 2.45) is 5.73 Å². The van der Waals surface area contributed by atoms with E-state index in [2.05, 4.69) is 36.3 Å². The van der Waals surface area contributed by atoms with Gasteiger partial charge in [0.1, 0.15) is 0 Å². The van der Waals surface area contributed by atoms with Crippen LogP contribution < -0.4 is 21.1 Å². The number of likely N-dealkylation sites (tertiary alicyclic amines) is 1. The molecule has 4 rings (SSSR count). The molecule has 1 aromatic heterocycles. The van der Waals surface area contributed by atoms with E-state index < -0.39 is 15.9 Å². The van der Waals surface area contributed by atoms with Crippen molar-refractivity contribution >= 4 is 50.8 Å². The molecule has 2 fully saturated rings. The molecular formula is C26H38Cl2N8O3S. The number of amides is 1. The van der Waals surface area contributed by atoms with Crippen LogP contribution >= 0.6 is 23.2 Å². The number of sulfonamides is 1. The molecule has 0 radical (unpaired) electrons. The van der Waals surface area contributed by atoms with E-state index in [1.807, 2.05) is 18.2 Å². The highest BCUT2D eigenvalue weighted by Gasteiger charge is 2.34. The Balaban J connectivity index is 1.35. The Morgan fingerprint density at radius 3 is 2.50 bits per heavy atom. The molecule has 1 aromatic carbocycles. The van der Waals surface area contributed by atoms with Crippen LogP contribution in [0.3, 0.4) is 0 Å². The van der Waals surface area contributed by atoms with Gasteiger partial charge in [-0.25, -0.2) is 23.1 Å². The minimum Gasteiger partial charge on any atom is -0.382 e. The number of benzene rings is 1. The van der Waals surface area contributed by atoms with E-state index in [4.69, 9.17) is 34.7 Å². The Kier molecular flexibility index (Phi) is 10.1. The number of hydrogen-bond acceptors (Lipinski definition) is 9. The average Bonchev–Trinajstić information content (AvgIpc) is 2.90. The first-order chi connectivity index (χ1) is 18.9. The maximum Gasteiger partial charge on any atom is 0.271 e. The van der Waals surface area contributed by atoms with Gasteiger partial charge in [0.25, 0.3) is 5.91 Å². The molecule has 220 valence electrons. The van der Waals surface area contributed by atoms with E-state index in [0.29, 0.717) is 35.9 Å². The second kappa shape index (κ2) is 13.2. The molecule has 11 nitrogen and oxygen atoms in total. The Morgan fingerprint density at radius 2 is 1.85 bits per heavy atom. The molecule has 2 saturated heterocycles. The number of nitrogens with zero attached hydrogens (tertiary/aromatic N) is 5. The smallest absolute Gasteiger partial charge is 0.271 e. The molecule has 5 N–H and O–H groups in total. The van der Waals surface area contributed by atoms with Crippen molar-refractivity contribution in [1.29, 1.82) is 0 Å². The SMILES string of the molecule is CC[C@H]1CN(c2nc(N)c(C(N)=O)nc2Cl)CCN1C1CCN(Cc2ccc(Cl)cc2CCNS(C)(=O)=O)CC1. The highest BCUT2D eigenvalue weighted by atomic mass is 35.5. The third-order valence-electron chi connectivity index (χ3n) is 7.74. The van der Waals surface area contributed by atoms with E-state index in [0.717, 1.165) is 64.1 Å². The summed E-state index contributed by atoms with van der Waals surface area (Å²) in [6, 6.07) is 6.69. The van der Waals surface area contributed by atoms with Crippen LogP contribution in [0.1, 0.15) is 47.8 Å². The standard InChI is InChI=1S/C26H38Cl2N8O3S/c1-3-20-16-35(26-23(28)32-22(25(30)37)24(29)33-26)12-13-36(20)21-7-10-34(11-8-21)15-18-4-5-19(27)14-17(18)6-9-31-40(2,38)39/h4-5,14,20-21,31H,3,6-13,15-16H2,1-2H3,(H2,29,33)(H2,30,37)/t20-/m0/s1. The van der Waals surface area contributed by atoms with Gasteiger partial charge in [-0.3, -0.25) is 14.6 Å². The molecule has 3 heterocycles. The van der Waals surface area contributed by atoms with Crippen LogP contribution in [0.2, 0.25) is 10.2 Å². The number of halogens is 2. The predicted molar refractivity (Wildman–Crippen MR) is 159 cm³/mol. The molecule has 2 aliphatic heterocycles. The molecule has 1 atom stereocenters. The summed E-state index contributed by atoms with van der Waals surface area (Å²) in [7, 11) is -3.23. The number of nitrogen functional groups attached to an aromatic ring is 1. The predicted octanol–water partition coefficient (Wildman–Crippen LogP) is 2.12. The van der Waals surface area contributed by atoms with E-state index in [1.165, 1.54) is 11.8 Å². The number of anilines is 2. The summed E-state index contributed by atoms with van der Waals surface area (Å²) in [5.41, 5.74) is 13.4. The van der Waals surface area contributed by atoms with Crippen LogP contribution in [0.25, 0.3) is 0 Å². The number of hydrogen-bond donors (Lipinski definition) is 3. The molecule has 0 saturated carbocycles. The highest BCUT2D eigenvalue weighted by molar-refractivity contribution is 7.88. The number of nitrogens with one attached hydrogen (secondary N) is 1. The van der Waals surface area contributed by atoms with Crippen LogP contribution in [0.15, 0.2) is 18.2 Å². The first kappa shape index (κ1) is 30.7. The Bertz CT molecular complexity index is 1320. The molecule has 40 heavy (non-hydrogen) atoms. The molecule has 2 aromatic rings. The second-order valence-corrected chi connectivity index (χ2v) is 13.1. The van der Waals surface area contributed by atoms with Gasteiger partial charge in [0.2, 0.25) is 10.0 Å². The van der Waals surface area contributed by atoms with Crippen molar-refractivity contribution in [2.75, 3.05) is 56.2 Å². The van der Waals surface area contributed by atoms with E-state index in [-0.39, 0.29) is 16.7 Å². The summed E-state index contributed by atoms with van der Waals surface area (Å²) in [6.07, 6.45) is 4.87. The van der Waals surface area contributed by atoms with Gasteiger partial charge in [-0.05, 0) is 62.0 Å². The highest BCUT2D eigenvalue weighted by Crippen LogP contribution is 2.30. The van der Waals surface area contributed by atoms with Crippen molar-refractivity contribution in [1.82, 2.24) is 24.5 Å². The molecule has 1 amide bonds. The largest absolute Gasteiger partial charge is 0.382 e. The van der Waals surface area contributed by atoms with Crippen molar-refractivity contribution in [3.63, 3.8) is 0 Å². The molecular weight excluding hydrogens is 575 g/mol. The van der Waals surface area contributed by atoms with Gasteiger partial charge in [-0.15, -0.1) is 0 Å². The maximum atomic E-state index is 11.5. The van der Waals surface area contributed by atoms with Gasteiger partial charge in [-0.1, -0.05) is 36.2 Å². The Hall–Kier alpha value is -2.22. The fraction of sp³-hybridized carbons (Fsp3) is 0.577. The lowest BCUT2D eigenvalue weighted by Crippen LogP contribution is -2.58. The number of piperidine rings is 1. The van der Waals surface area contributed by atoms with Gasteiger partial charge in [0.05, 0.1) is 6.26 Å². The summed E-state index contributed by atoms with van der Waals surface area (Å²) < 4.78 is 25.5. The first-order valence-electron chi connectivity index (χ1n) is 13.5. The quantitative estimate of drug-likeness (QED) is 0.366. The number of carbonyl (C=O) groups is 1. The van der Waals surface area contributed by atoms with Crippen LogP contribution in [-0.2, 0) is 23.0 Å². The zero-order valence-corrected chi connectivity index (χ0v) is 25.3. The summed E-state index contributed by atoms with van der Waals surface area (Å²) in [5, 5.41) is 0.786. The van der Waals surface area contributed by atoms with Gasteiger partial charge >= 0.3 is 0 Å². The molecule has 2 aliphatic rings. The normalized spacial score (nSPS) is 19.7. The number of aromatic nitrogens is 2. The molecule has 0 bridgehead atoms. The lowest BCUT2D eigenvalue weighted by atomic mass is 9.97. The molecule has 0 unspecified atom stereocenters. The first-order valence-corrected chi connectivity index (χ1v) is 16.2. The van der Waals surface area contributed by atoms with Crippen LogP contribution in [0, 0.1) is 0 Å². The van der Waals surface area contributed by atoms with E-state index >= 15 is 0 Å². The van der Waals surface area contributed by atoms with Crippen LogP contribution in [-0.4, -0.2) is 91.7 Å². The number of nitrogens with two attached hydrogens (primary N) is 2. The number of piperazine rings is 1. The lowest BCUT2D eigenvalue weighted by Gasteiger charge is -2.47. The van der Waals surface area contributed by atoms with Gasteiger partial charge in [0.15, 0.2) is 22.5 Å². The molecule has 0 aliphatic carbocycles. The van der Waals surface area contributed by atoms with Crippen LogP contribution in [0.4, 0.5) is 11.6 Å². The van der Waals surface area contributed by atoms with Crippen molar-refractivity contribution in [2.45, 2.75) is 51.2 Å². The van der Waals surface area contributed by atoms with Crippen LogP contribution in [0.5, 0.6) is 0 Å². The Labute approximate surface area is 246 Å². The summed E-state index contributed by atoms with van der Waals surface area (Å²) in [4.78, 5) is 27.2. The number of primary amides is 1. The maximum absolute atomic E-state index is 11.5. The van der Waals surface area contributed by atoms with Crippen molar-refractivity contribution < 1.29 is 13.2 Å². The monoisotopic (exact) mass is 612 g/mol.